The summed E-state index contributed by atoms with van der Waals surface area (Å²) in [7, 11) is 0. The van der Waals surface area contributed by atoms with Gasteiger partial charge in [-0.25, -0.2) is 4.79 Å². The lowest BCUT2D eigenvalue weighted by atomic mass is 9.83. The second kappa shape index (κ2) is 6.74. The van der Waals surface area contributed by atoms with Crippen LogP contribution in [0, 0.1) is 17.8 Å². The highest BCUT2D eigenvalue weighted by Gasteiger charge is 2.52. The number of fused-ring (bicyclic) bond motifs is 3. The van der Waals surface area contributed by atoms with Crippen molar-refractivity contribution in [2.75, 3.05) is 5.32 Å². The summed E-state index contributed by atoms with van der Waals surface area (Å²) in [6, 6.07) is 3.79. The molecule has 0 aromatic heterocycles. The van der Waals surface area contributed by atoms with E-state index in [1.165, 1.54) is 18.2 Å². The first kappa shape index (κ1) is 19.7. The number of benzene rings is 1. The zero-order valence-electron chi connectivity index (χ0n) is 16.5. The van der Waals surface area contributed by atoms with E-state index in [4.69, 9.17) is 4.74 Å². The van der Waals surface area contributed by atoms with Crippen LogP contribution >= 0.6 is 0 Å². The lowest BCUT2D eigenvalue weighted by Gasteiger charge is -2.31. The van der Waals surface area contributed by atoms with Gasteiger partial charge < -0.3 is 24.8 Å². The van der Waals surface area contributed by atoms with E-state index in [2.05, 4.69) is 20.1 Å². The Balaban J connectivity index is 1.45. The number of rotatable bonds is 3. The molecule has 2 bridgehead atoms. The van der Waals surface area contributed by atoms with Gasteiger partial charge in [0.2, 0.25) is 5.91 Å². The van der Waals surface area contributed by atoms with Gasteiger partial charge >= 0.3 is 12.4 Å². The fourth-order valence-electron chi connectivity index (χ4n) is 4.57. The molecule has 4 rings (SSSR count). The van der Waals surface area contributed by atoms with Gasteiger partial charge in [-0.15, -0.1) is 8.78 Å². The Morgan fingerprint density at radius 1 is 1.14 bits per heavy atom. The number of anilines is 1. The fraction of sp³-hybridized carbons (Fsp3) is 0.600. The van der Waals surface area contributed by atoms with E-state index in [1.807, 2.05) is 0 Å². The fourth-order valence-corrected chi connectivity index (χ4v) is 4.57. The average Bonchev–Trinajstić information content (AvgIpc) is 3.23. The number of hydrogen-bond acceptors (Lipinski definition) is 5. The van der Waals surface area contributed by atoms with Crippen LogP contribution in [-0.2, 0) is 9.53 Å². The minimum atomic E-state index is -3.71. The first-order valence-corrected chi connectivity index (χ1v) is 9.71. The molecule has 3 aliphatic rings. The molecule has 0 radical (unpaired) electrons. The molecule has 1 aromatic rings. The third kappa shape index (κ3) is 4.09. The number of ether oxygens (including phenoxy) is 3. The van der Waals surface area contributed by atoms with Crippen molar-refractivity contribution in [2.45, 2.75) is 58.0 Å². The molecule has 0 spiro atoms. The first-order valence-electron chi connectivity index (χ1n) is 9.71. The maximum Gasteiger partial charge on any atom is 0.586 e. The van der Waals surface area contributed by atoms with Crippen LogP contribution in [0.25, 0.3) is 0 Å². The van der Waals surface area contributed by atoms with Gasteiger partial charge in [-0.2, -0.15) is 0 Å². The summed E-state index contributed by atoms with van der Waals surface area (Å²) in [5.74, 6) is -0.504. The molecule has 9 heteroatoms. The maximum atomic E-state index is 13.2. The smallest absolute Gasteiger partial charge is 0.444 e. The standard InChI is InChI=1S/C20H24F2N2O5/c1-19(2,3)29-18(26)24-16-11-5-4-10(8-11)15(16)17(25)23-12-6-7-13-14(9-12)28-20(21,22)27-13/h6-7,9-11,15-16H,4-5,8H2,1-3H3,(H,23,25)(H,24,26)/t10-,11+,15+,16-/m1/s1. The van der Waals surface area contributed by atoms with Gasteiger partial charge in [-0.1, -0.05) is 0 Å². The van der Waals surface area contributed by atoms with Gasteiger partial charge in [0.05, 0.1) is 5.92 Å². The normalized spacial score (nSPS) is 28.9. The van der Waals surface area contributed by atoms with E-state index in [-0.39, 0.29) is 35.3 Å². The molecule has 29 heavy (non-hydrogen) atoms. The minimum Gasteiger partial charge on any atom is -0.444 e. The van der Waals surface area contributed by atoms with E-state index < -0.39 is 23.9 Å². The van der Waals surface area contributed by atoms with E-state index in [1.54, 1.807) is 20.8 Å². The van der Waals surface area contributed by atoms with Crippen molar-refractivity contribution in [2.24, 2.45) is 17.8 Å². The lowest BCUT2D eigenvalue weighted by molar-refractivity contribution is -0.286. The zero-order chi connectivity index (χ0) is 21.0. The molecule has 1 aliphatic heterocycles. The molecule has 4 atom stereocenters. The molecule has 2 saturated carbocycles. The number of carbonyl (C=O) groups is 2. The van der Waals surface area contributed by atoms with Crippen LogP contribution in [0.15, 0.2) is 18.2 Å². The summed E-state index contributed by atoms with van der Waals surface area (Å²) >= 11 is 0. The van der Waals surface area contributed by atoms with E-state index >= 15 is 0 Å². The Morgan fingerprint density at radius 2 is 1.83 bits per heavy atom. The number of alkyl halides is 2. The van der Waals surface area contributed by atoms with Crippen LogP contribution in [-0.4, -0.2) is 29.9 Å². The number of amides is 2. The summed E-state index contributed by atoms with van der Waals surface area (Å²) < 4.78 is 40.5. The molecule has 2 fully saturated rings. The van der Waals surface area contributed by atoms with Crippen LogP contribution in [0.3, 0.4) is 0 Å². The largest absolute Gasteiger partial charge is 0.586 e. The summed E-state index contributed by atoms with van der Waals surface area (Å²) in [5.41, 5.74) is -0.303. The van der Waals surface area contributed by atoms with Crippen molar-refractivity contribution < 1.29 is 32.6 Å². The average molecular weight is 410 g/mol. The first-order chi connectivity index (χ1) is 13.5. The summed E-state index contributed by atoms with van der Waals surface area (Å²) in [5, 5.41) is 5.64. The van der Waals surface area contributed by atoms with Gasteiger partial charge in [-0.3, -0.25) is 4.79 Å². The number of halogens is 2. The van der Waals surface area contributed by atoms with Crippen molar-refractivity contribution in [1.29, 1.82) is 0 Å². The molecule has 158 valence electrons. The molecule has 1 heterocycles. The summed E-state index contributed by atoms with van der Waals surface area (Å²) in [6.45, 7) is 5.34. The van der Waals surface area contributed by atoms with Gasteiger partial charge in [0, 0.05) is 17.8 Å². The van der Waals surface area contributed by atoms with Crippen molar-refractivity contribution in [3.63, 3.8) is 0 Å². The highest BCUT2D eigenvalue weighted by molar-refractivity contribution is 5.94. The second-order valence-corrected chi connectivity index (χ2v) is 8.85. The quantitative estimate of drug-likeness (QED) is 0.790. The molecule has 2 N–H and O–H groups in total. The van der Waals surface area contributed by atoms with Gasteiger partial charge in [0.15, 0.2) is 11.5 Å². The van der Waals surface area contributed by atoms with Crippen LogP contribution in [0.2, 0.25) is 0 Å². The molecule has 1 aromatic carbocycles. The lowest BCUT2D eigenvalue weighted by Crippen LogP contribution is -2.49. The van der Waals surface area contributed by atoms with E-state index in [9.17, 15) is 18.4 Å². The Bertz CT molecular complexity index is 839. The molecule has 7 nitrogen and oxygen atoms in total. The van der Waals surface area contributed by atoms with Gasteiger partial charge in [0.25, 0.3) is 0 Å². The molecule has 2 aliphatic carbocycles. The molecule has 0 saturated heterocycles. The van der Waals surface area contributed by atoms with Crippen molar-refractivity contribution in [3.05, 3.63) is 18.2 Å². The highest BCUT2D eigenvalue weighted by Crippen LogP contribution is 2.49. The van der Waals surface area contributed by atoms with Crippen LogP contribution in [0.5, 0.6) is 11.5 Å². The Hall–Kier alpha value is -2.58. The summed E-state index contributed by atoms with van der Waals surface area (Å²) in [4.78, 5) is 25.2. The third-order valence-corrected chi connectivity index (χ3v) is 5.57. The monoisotopic (exact) mass is 410 g/mol. The predicted octanol–water partition coefficient (Wildman–Crippen LogP) is 3.89. The zero-order valence-corrected chi connectivity index (χ0v) is 16.5. The minimum absolute atomic E-state index is 0.0857. The van der Waals surface area contributed by atoms with E-state index in [0.717, 1.165) is 19.3 Å². The Labute approximate surface area is 167 Å². The highest BCUT2D eigenvalue weighted by atomic mass is 19.3. The van der Waals surface area contributed by atoms with E-state index in [0.29, 0.717) is 5.69 Å². The number of nitrogens with one attached hydrogen (secondary N) is 2. The predicted molar refractivity (Wildman–Crippen MR) is 98.8 cm³/mol. The summed E-state index contributed by atoms with van der Waals surface area (Å²) in [6.07, 6.45) is -1.52. The van der Waals surface area contributed by atoms with Crippen LogP contribution in [0.1, 0.15) is 40.0 Å². The van der Waals surface area contributed by atoms with Crippen LogP contribution < -0.4 is 20.1 Å². The maximum absolute atomic E-state index is 13.2. The number of alkyl carbamates (subject to hydrolysis) is 1. The van der Waals surface area contributed by atoms with Gasteiger partial charge in [0.1, 0.15) is 5.60 Å². The third-order valence-electron chi connectivity index (χ3n) is 5.57. The van der Waals surface area contributed by atoms with Crippen LogP contribution in [0.4, 0.5) is 19.3 Å². The second-order valence-electron chi connectivity index (χ2n) is 8.85. The van der Waals surface area contributed by atoms with Gasteiger partial charge in [-0.05, 0) is 64.0 Å². The SMILES string of the molecule is CC(C)(C)OC(=O)N[C@@H]1[C@H]2CC[C@H](C2)[C@@H]1C(=O)Nc1ccc2c(c1)OC(F)(F)O2. The molecular formula is C20H24F2N2O5. The number of carbonyl (C=O) groups excluding carboxylic acids is 2. The Morgan fingerprint density at radius 3 is 2.55 bits per heavy atom. The molecular weight excluding hydrogens is 386 g/mol. The Kier molecular flexibility index (Phi) is 4.59. The van der Waals surface area contributed by atoms with Crippen molar-refractivity contribution in [1.82, 2.24) is 5.32 Å². The number of hydrogen-bond donors (Lipinski definition) is 2. The molecule has 2 amide bonds. The van der Waals surface area contributed by atoms with Crippen molar-refractivity contribution in [3.8, 4) is 11.5 Å². The van der Waals surface area contributed by atoms with Crippen molar-refractivity contribution >= 4 is 17.7 Å². The topological polar surface area (TPSA) is 85.9 Å². The molecule has 0 unspecified atom stereocenters.